The van der Waals surface area contributed by atoms with Crippen LogP contribution in [0.1, 0.15) is 409 Å². The molecule has 0 bridgehead atoms. The Morgan fingerprint density at radius 3 is 0.699 bits per heavy atom. The van der Waals surface area contributed by atoms with Crippen LogP contribution in [0.3, 0.4) is 0 Å². The van der Waals surface area contributed by atoms with Gasteiger partial charge >= 0.3 is 16.5 Å². The first-order chi connectivity index (χ1) is 40.3. The molecule has 482 valence electrons. The van der Waals surface area contributed by atoms with Crippen molar-refractivity contribution >= 4 is 11.4 Å². The van der Waals surface area contributed by atoms with Crippen LogP contribution in [0.2, 0.25) is 0 Å². The second kappa shape index (κ2) is 57.7. The zero-order valence-corrected chi connectivity index (χ0v) is 58.7. The van der Waals surface area contributed by atoms with E-state index in [1.54, 1.807) is 15.8 Å². The van der Waals surface area contributed by atoms with Crippen LogP contribution in [0.15, 0.2) is 35.4 Å². The van der Waals surface area contributed by atoms with Crippen molar-refractivity contribution in [2.75, 3.05) is 0 Å². The third kappa shape index (κ3) is 36.2. The molecule has 0 amide bonds. The third-order valence-electron chi connectivity index (χ3n) is 17.7. The van der Waals surface area contributed by atoms with Crippen LogP contribution in [-0.2, 0) is 55.0 Å². The van der Waals surface area contributed by atoms with Gasteiger partial charge < -0.3 is 19.4 Å². The first kappa shape index (κ1) is 81.0. The molecule has 1 heterocycles. The quantitative estimate of drug-likeness (QED) is 0.0273. The Bertz CT molecular complexity index is 1780. The number of unbranched alkanes of at least 4 members (excludes halogenated alkanes) is 34. The van der Waals surface area contributed by atoms with Gasteiger partial charge in [-0.05, 0) is 135 Å². The molecule has 0 spiro atoms. The Morgan fingerprint density at radius 2 is 0.470 bits per heavy atom. The van der Waals surface area contributed by atoms with Gasteiger partial charge in [0.15, 0.2) is 0 Å². The summed E-state index contributed by atoms with van der Waals surface area (Å²) >= 11 is 0. The minimum atomic E-state index is 0. The topological polar surface area (TPSA) is 25.3 Å². The molecule has 0 unspecified atom stereocenters. The molecule has 1 aliphatic heterocycles. The fourth-order valence-electron chi connectivity index (χ4n) is 12.9. The van der Waals surface area contributed by atoms with Gasteiger partial charge in [-0.25, -0.2) is 4.70 Å². The molecule has 3 rings (SSSR count). The Balaban J connectivity index is 0.00000204. The molecule has 2 aromatic carbocycles. The molecule has 1 aliphatic rings. The number of rotatable bonds is 52. The van der Waals surface area contributed by atoms with Crippen LogP contribution in [0.5, 0.6) is 0 Å². The fraction of sp³-hybridized carbons (Fsp3) is 0.775. The van der Waals surface area contributed by atoms with Gasteiger partial charge in [0.25, 0.3) is 0 Å². The van der Waals surface area contributed by atoms with Crippen molar-refractivity contribution < 1.29 is 21.2 Å². The summed E-state index contributed by atoms with van der Waals surface area (Å²) in [4.78, 5) is 0. The van der Waals surface area contributed by atoms with Gasteiger partial charge in [-0.2, -0.15) is 12.8 Å². The van der Waals surface area contributed by atoms with Crippen LogP contribution in [-0.4, -0.2) is 4.70 Å². The second-order valence-electron chi connectivity index (χ2n) is 25.5. The van der Waals surface area contributed by atoms with Gasteiger partial charge in [0.05, 0.1) is 0 Å². The number of benzene rings is 2. The van der Waals surface area contributed by atoms with E-state index >= 15 is 0 Å². The number of aryl methyl sites for hydroxylation is 4. The molecule has 0 saturated carbocycles. The minimum absolute atomic E-state index is 0. The monoisotopic (exact) mass is 1190 g/mol. The van der Waals surface area contributed by atoms with Gasteiger partial charge in [0.2, 0.25) is 11.4 Å². The van der Waals surface area contributed by atoms with E-state index < -0.39 is 0 Å². The predicted molar refractivity (Wildman–Crippen MR) is 372 cm³/mol. The van der Waals surface area contributed by atoms with Crippen LogP contribution >= 0.6 is 0 Å². The van der Waals surface area contributed by atoms with Crippen molar-refractivity contribution in [2.24, 2.45) is 0 Å². The Morgan fingerprint density at radius 1 is 0.265 bits per heavy atom. The van der Waals surface area contributed by atoms with E-state index in [4.69, 9.17) is 0 Å². The molecular formula is C80H142N2Ni. The molecule has 0 aromatic heterocycles. The third-order valence-corrected chi connectivity index (χ3v) is 17.7. The number of hydrogen-bond acceptors (Lipinski definition) is 0. The van der Waals surface area contributed by atoms with Gasteiger partial charge in [0, 0.05) is 22.3 Å². The van der Waals surface area contributed by atoms with Crippen molar-refractivity contribution in [1.29, 1.82) is 0 Å². The molecular weight excluding hydrogens is 1050 g/mol. The molecule has 83 heavy (non-hydrogen) atoms. The Hall–Kier alpha value is -1.99. The van der Waals surface area contributed by atoms with E-state index in [9.17, 15) is 5.53 Å². The first-order valence-electron chi connectivity index (χ1n) is 37.1. The standard InChI is InChI=1S/C54H88N2.2C13H27.Ni/c1-9-17-21-25-26-30-38-52-51(37-29-24-20-12-4)53(47-39-43(31-13-5)49(35-27-22-18-10-2)44(40-47)32-14-6)56(55)54(52)48-41-45(33-15-7)50(36-28-23-19-11-3)46(42-48)34-16-8;2*1-3-5-7-9-11-13-12-10-8-6-4-2;/h39-42H,9-38H2,1-8H3;2*1,3-13H2,2H3;/q;2*-1;+2. The Kier molecular flexibility index (Phi) is 56.4. The SMILES string of the molecule is CCCCCCCCC1=C(c2cc(CCC)c(CCCCCC)c(CCC)c2)[N+](=[N-])C(c2cc(CCC)c(CCCCCC)c(CCC)c2)=C1CCCCCC.[CH2-]CCCCCCCCCCCC.[CH2-]CCCCCCCCCCCC.[Ni+2]. The van der Waals surface area contributed by atoms with Crippen LogP contribution in [0.4, 0.5) is 0 Å². The number of allylic oxidation sites excluding steroid dienone is 2. The van der Waals surface area contributed by atoms with Gasteiger partial charge in [-0.1, -0.05) is 313 Å². The van der Waals surface area contributed by atoms with Crippen molar-refractivity contribution in [2.45, 2.75) is 403 Å². The smallest absolute Gasteiger partial charge is 0.493 e. The zero-order chi connectivity index (χ0) is 60.1. The van der Waals surface area contributed by atoms with E-state index in [0.29, 0.717) is 0 Å². The Labute approximate surface area is 531 Å². The summed E-state index contributed by atoms with van der Waals surface area (Å²) < 4.78 is 1.73. The first-order valence-corrected chi connectivity index (χ1v) is 37.1. The fourth-order valence-corrected chi connectivity index (χ4v) is 12.9. The van der Waals surface area contributed by atoms with E-state index in [2.05, 4.69) is 107 Å². The molecule has 0 radical (unpaired) electrons. The molecule has 0 fully saturated rings. The maximum Gasteiger partial charge on any atom is 2.00 e. The van der Waals surface area contributed by atoms with Crippen molar-refractivity contribution in [3.63, 3.8) is 0 Å². The van der Waals surface area contributed by atoms with E-state index in [-0.39, 0.29) is 16.5 Å². The molecule has 2 aromatic rings. The van der Waals surface area contributed by atoms with E-state index in [1.807, 2.05) is 0 Å². The predicted octanol–water partition coefficient (Wildman–Crippen LogP) is 27.9. The molecule has 0 saturated heterocycles. The van der Waals surface area contributed by atoms with Crippen LogP contribution in [0.25, 0.3) is 16.9 Å². The van der Waals surface area contributed by atoms with Crippen molar-refractivity contribution in [3.05, 3.63) is 99.3 Å². The maximum atomic E-state index is 12.9. The van der Waals surface area contributed by atoms with Gasteiger partial charge in [-0.3, -0.25) is 0 Å². The van der Waals surface area contributed by atoms with E-state index in [0.717, 1.165) is 88.4 Å². The molecule has 3 heteroatoms. The summed E-state index contributed by atoms with van der Waals surface area (Å²) in [6.45, 7) is 30.9. The number of nitrogens with zero attached hydrogens (tertiary/aromatic N) is 2. The van der Waals surface area contributed by atoms with Gasteiger partial charge in [-0.15, -0.1) is 0 Å². The molecule has 0 atom stereocenters. The summed E-state index contributed by atoms with van der Waals surface area (Å²) in [6, 6.07) is 10.1. The summed E-state index contributed by atoms with van der Waals surface area (Å²) in [5, 5.41) is 0. The van der Waals surface area contributed by atoms with Crippen molar-refractivity contribution in [3.8, 4) is 0 Å². The van der Waals surface area contributed by atoms with Crippen LogP contribution in [0, 0.1) is 13.8 Å². The summed E-state index contributed by atoms with van der Waals surface area (Å²) in [7, 11) is 0. The summed E-state index contributed by atoms with van der Waals surface area (Å²) in [6.07, 6.45) is 67.4. The van der Waals surface area contributed by atoms with E-state index in [1.165, 1.54) is 301 Å². The minimum Gasteiger partial charge on any atom is -0.493 e. The van der Waals surface area contributed by atoms with Crippen LogP contribution < -0.4 is 0 Å². The average Bonchev–Trinajstić information content (AvgIpc) is 3.54. The zero-order valence-electron chi connectivity index (χ0n) is 57.7. The van der Waals surface area contributed by atoms with Crippen molar-refractivity contribution in [1.82, 2.24) is 0 Å². The molecule has 0 aliphatic carbocycles. The normalized spacial score (nSPS) is 12.3. The summed E-state index contributed by atoms with van der Waals surface area (Å²) in [5.41, 5.74) is 29.9. The molecule has 2 nitrogen and oxygen atoms in total. The summed E-state index contributed by atoms with van der Waals surface area (Å²) in [5.74, 6) is 0. The molecule has 0 N–H and O–H groups in total. The number of hydrogen-bond donors (Lipinski definition) is 0. The maximum absolute atomic E-state index is 12.9. The second-order valence-corrected chi connectivity index (χ2v) is 25.5. The van der Waals surface area contributed by atoms with Gasteiger partial charge in [0.1, 0.15) is 0 Å². The largest absolute Gasteiger partial charge is 2.00 e. The average molecular weight is 1190 g/mol.